The van der Waals surface area contributed by atoms with Gasteiger partial charge in [0.05, 0.1) is 17.7 Å². The monoisotopic (exact) mass is 416 g/mol. The van der Waals surface area contributed by atoms with Gasteiger partial charge in [-0.2, -0.15) is 0 Å². The smallest absolute Gasteiger partial charge is 0.223 e. The zero-order valence-electron chi connectivity index (χ0n) is 16.8. The molecule has 29 heavy (non-hydrogen) atoms. The molecule has 1 aliphatic carbocycles. The van der Waals surface area contributed by atoms with Crippen LogP contribution in [-0.4, -0.2) is 34.1 Å². The van der Waals surface area contributed by atoms with Crippen molar-refractivity contribution in [3.8, 4) is 0 Å². The number of likely N-dealkylation sites (tertiary alicyclic amines) is 1. The zero-order chi connectivity index (χ0) is 20.4. The van der Waals surface area contributed by atoms with E-state index >= 15 is 0 Å². The highest BCUT2D eigenvalue weighted by Crippen LogP contribution is 2.40. The van der Waals surface area contributed by atoms with Gasteiger partial charge in [0.25, 0.3) is 0 Å². The van der Waals surface area contributed by atoms with Crippen molar-refractivity contribution in [2.45, 2.75) is 63.3 Å². The Hall–Kier alpha value is -1.76. The lowest BCUT2D eigenvalue weighted by Gasteiger charge is -2.49. The van der Waals surface area contributed by atoms with Crippen LogP contribution in [0.5, 0.6) is 0 Å². The molecule has 1 saturated carbocycles. The molecule has 0 bridgehead atoms. The summed E-state index contributed by atoms with van der Waals surface area (Å²) in [5.41, 5.74) is -0.101. The fourth-order valence-corrected chi connectivity index (χ4v) is 5.66. The van der Waals surface area contributed by atoms with Gasteiger partial charge < -0.3 is 10.4 Å². The van der Waals surface area contributed by atoms with Crippen LogP contribution in [0.2, 0.25) is 0 Å². The molecule has 3 atom stereocenters. The second-order valence-corrected chi connectivity index (χ2v) is 9.61. The number of benzene rings is 1. The molecule has 0 spiro atoms. The van der Waals surface area contributed by atoms with Gasteiger partial charge in [-0.05, 0) is 55.3 Å². The lowest BCUT2D eigenvalue weighted by Crippen LogP contribution is -2.62. The van der Waals surface area contributed by atoms with Gasteiger partial charge in [0.2, 0.25) is 5.91 Å². The summed E-state index contributed by atoms with van der Waals surface area (Å²) in [6.07, 6.45) is 4.60. The molecule has 3 unspecified atom stereocenters. The highest BCUT2D eigenvalue weighted by Gasteiger charge is 2.47. The van der Waals surface area contributed by atoms with Gasteiger partial charge in [-0.15, -0.1) is 11.3 Å². The summed E-state index contributed by atoms with van der Waals surface area (Å²) in [6, 6.07) is 10.2. The van der Waals surface area contributed by atoms with E-state index in [2.05, 4.69) is 16.3 Å². The third kappa shape index (κ3) is 4.55. The molecule has 1 aromatic heterocycles. The highest BCUT2D eigenvalue weighted by atomic mass is 32.1. The maximum atomic E-state index is 13.7. The highest BCUT2D eigenvalue weighted by molar-refractivity contribution is 7.10. The summed E-state index contributed by atoms with van der Waals surface area (Å²) in [7, 11) is 0. The summed E-state index contributed by atoms with van der Waals surface area (Å²) in [6.45, 7) is 3.08. The quantitative estimate of drug-likeness (QED) is 0.766. The summed E-state index contributed by atoms with van der Waals surface area (Å²) in [5, 5.41) is 16.5. The van der Waals surface area contributed by atoms with Gasteiger partial charge in [0.15, 0.2) is 0 Å². The van der Waals surface area contributed by atoms with Gasteiger partial charge in [-0.25, -0.2) is 4.39 Å². The van der Waals surface area contributed by atoms with E-state index in [1.807, 2.05) is 24.4 Å². The molecular weight excluding hydrogens is 387 g/mol. The number of hydrogen-bond donors (Lipinski definition) is 2. The van der Waals surface area contributed by atoms with E-state index in [9.17, 15) is 14.3 Å². The Labute approximate surface area is 175 Å². The van der Waals surface area contributed by atoms with Crippen LogP contribution in [0.15, 0.2) is 41.8 Å². The number of amides is 1. The number of rotatable bonds is 5. The second-order valence-electron chi connectivity index (χ2n) is 8.64. The van der Waals surface area contributed by atoms with Crippen molar-refractivity contribution in [2.24, 2.45) is 5.92 Å². The van der Waals surface area contributed by atoms with Gasteiger partial charge >= 0.3 is 0 Å². The summed E-state index contributed by atoms with van der Waals surface area (Å²) >= 11 is 1.63. The van der Waals surface area contributed by atoms with E-state index < -0.39 is 11.6 Å². The third-order valence-corrected chi connectivity index (χ3v) is 7.36. The van der Waals surface area contributed by atoms with Crippen molar-refractivity contribution < 1.29 is 14.3 Å². The molecule has 156 valence electrons. The number of piperidine rings is 1. The van der Waals surface area contributed by atoms with Crippen molar-refractivity contribution in [2.75, 3.05) is 6.54 Å². The van der Waals surface area contributed by atoms with Gasteiger partial charge in [0.1, 0.15) is 5.82 Å². The minimum atomic E-state index is -0.999. The van der Waals surface area contributed by atoms with E-state index in [4.69, 9.17) is 0 Å². The Morgan fingerprint density at radius 3 is 2.79 bits per heavy atom. The van der Waals surface area contributed by atoms with Crippen LogP contribution in [0, 0.1) is 11.7 Å². The van der Waals surface area contributed by atoms with Crippen LogP contribution in [-0.2, 0) is 11.3 Å². The van der Waals surface area contributed by atoms with Crippen LogP contribution < -0.4 is 5.32 Å². The Morgan fingerprint density at radius 1 is 1.31 bits per heavy atom. The number of nitrogens with one attached hydrogen (secondary N) is 1. The van der Waals surface area contributed by atoms with Crippen LogP contribution in [0.1, 0.15) is 55.5 Å². The molecule has 1 saturated heterocycles. The maximum absolute atomic E-state index is 13.7. The lowest BCUT2D eigenvalue weighted by atomic mass is 9.81. The van der Waals surface area contributed by atoms with E-state index in [0.29, 0.717) is 19.5 Å². The van der Waals surface area contributed by atoms with Crippen molar-refractivity contribution in [3.05, 3.63) is 58.0 Å². The number of carbonyl (C=O) groups is 1. The van der Waals surface area contributed by atoms with Gasteiger partial charge in [-0.1, -0.05) is 31.0 Å². The average Bonchev–Trinajstić information content (AvgIpc) is 3.38. The molecule has 2 heterocycles. The number of thiophene rings is 1. The summed E-state index contributed by atoms with van der Waals surface area (Å²) in [4.78, 5) is 16.3. The van der Waals surface area contributed by atoms with Crippen molar-refractivity contribution in [1.29, 1.82) is 0 Å². The van der Waals surface area contributed by atoms with E-state index in [-0.39, 0.29) is 23.7 Å². The first kappa shape index (κ1) is 20.5. The molecule has 2 aromatic rings. The van der Waals surface area contributed by atoms with E-state index in [0.717, 1.165) is 36.1 Å². The van der Waals surface area contributed by atoms with E-state index in [1.165, 1.54) is 6.07 Å². The zero-order valence-corrected chi connectivity index (χ0v) is 17.6. The molecule has 1 aromatic carbocycles. The largest absolute Gasteiger partial charge is 0.388 e. The number of carbonyl (C=O) groups excluding carboxylic acids is 1. The van der Waals surface area contributed by atoms with Crippen molar-refractivity contribution in [3.63, 3.8) is 0 Å². The first-order valence-corrected chi connectivity index (χ1v) is 11.4. The molecule has 2 fully saturated rings. The van der Waals surface area contributed by atoms with E-state index in [1.54, 1.807) is 23.5 Å². The average molecular weight is 417 g/mol. The summed E-state index contributed by atoms with van der Waals surface area (Å²) < 4.78 is 13.7. The Bertz CT molecular complexity index is 833. The van der Waals surface area contributed by atoms with Crippen LogP contribution in [0.25, 0.3) is 0 Å². The SMILES string of the molecule is CC1(O)CCN(Cc2cccc(F)c2)C(c2cccs2)C1NC(=O)C1CCCC1. The lowest BCUT2D eigenvalue weighted by molar-refractivity contribution is -0.132. The van der Waals surface area contributed by atoms with Crippen molar-refractivity contribution >= 4 is 17.2 Å². The molecule has 1 amide bonds. The number of aliphatic hydroxyl groups is 1. The molecule has 2 aliphatic rings. The van der Waals surface area contributed by atoms with Crippen LogP contribution >= 0.6 is 11.3 Å². The van der Waals surface area contributed by atoms with Crippen molar-refractivity contribution in [1.82, 2.24) is 10.2 Å². The predicted octanol–water partition coefficient (Wildman–Crippen LogP) is 4.26. The molecular formula is C23H29FN2O2S. The Balaban J connectivity index is 1.62. The third-order valence-electron chi connectivity index (χ3n) is 6.42. The second kappa shape index (κ2) is 8.54. The first-order chi connectivity index (χ1) is 13.9. The number of hydrogen-bond acceptors (Lipinski definition) is 4. The van der Waals surface area contributed by atoms with Gasteiger partial charge in [-0.3, -0.25) is 9.69 Å². The fraction of sp³-hybridized carbons (Fsp3) is 0.522. The van der Waals surface area contributed by atoms with Crippen LogP contribution in [0.3, 0.4) is 0 Å². The first-order valence-electron chi connectivity index (χ1n) is 10.5. The van der Waals surface area contributed by atoms with Crippen LogP contribution in [0.4, 0.5) is 4.39 Å². The Kier molecular flexibility index (Phi) is 6.04. The molecule has 1 aliphatic heterocycles. The fourth-order valence-electron chi connectivity index (χ4n) is 4.76. The molecule has 4 nitrogen and oxygen atoms in total. The molecule has 0 radical (unpaired) electrons. The minimum absolute atomic E-state index is 0.0494. The summed E-state index contributed by atoms with van der Waals surface area (Å²) in [5.74, 6) is -0.138. The predicted molar refractivity (Wildman–Crippen MR) is 113 cm³/mol. The molecule has 4 rings (SSSR count). The number of nitrogens with zero attached hydrogens (tertiary/aromatic N) is 1. The normalized spacial score (nSPS) is 28.5. The molecule has 2 N–H and O–H groups in total. The standard InChI is InChI=1S/C23H29FN2O2S/c1-23(28)11-12-26(15-16-6-4-9-18(24)14-16)20(19-10-5-13-29-19)21(23)25-22(27)17-7-2-3-8-17/h4-6,9-10,13-14,17,20-21,28H,2-3,7-8,11-12,15H2,1H3,(H,25,27). The minimum Gasteiger partial charge on any atom is -0.388 e. The molecule has 6 heteroatoms. The number of halogens is 1. The Morgan fingerprint density at radius 2 is 2.10 bits per heavy atom. The van der Waals surface area contributed by atoms with Gasteiger partial charge in [0, 0.05) is 23.9 Å². The maximum Gasteiger partial charge on any atom is 0.223 e. The topological polar surface area (TPSA) is 52.6 Å².